The van der Waals surface area contributed by atoms with Gasteiger partial charge in [0.05, 0.1) is 11.1 Å². The fourth-order valence-electron chi connectivity index (χ4n) is 4.52. The molecule has 0 radical (unpaired) electrons. The highest BCUT2D eigenvalue weighted by atomic mass is 35.5. The molecule has 0 amide bonds. The highest BCUT2D eigenvalue weighted by Crippen LogP contribution is 2.45. The van der Waals surface area contributed by atoms with Crippen molar-refractivity contribution in [1.29, 1.82) is 0 Å². The van der Waals surface area contributed by atoms with Crippen LogP contribution < -0.4 is 0 Å². The van der Waals surface area contributed by atoms with Gasteiger partial charge in [-0.05, 0) is 73.9 Å². The summed E-state index contributed by atoms with van der Waals surface area (Å²) in [5, 5.41) is 11.7. The summed E-state index contributed by atoms with van der Waals surface area (Å²) in [4.78, 5) is 17.2. The summed E-state index contributed by atoms with van der Waals surface area (Å²) in [6.07, 6.45) is 3.49. The van der Waals surface area contributed by atoms with Gasteiger partial charge in [0.2, 0.25) is 0 Å². The molecule has 1 heterocycles. The zero-order valence-electron chi connectivity index (χ0n) is 18.2. The number of aromatic nitrogens is 1. The number of nitrogens with zero attached hydrogens (tertiary/aromatic N) is 1. The lowest BCUT2D eigenvalue weighted by Gasteiger charge is -2.43. The Morgan fingerprint density at radius 2 is 1.90 bits per heavy atom. The van der Waals surface area contributed by atoms with E-state index < -0.39 is 12.1 Å². The number of hydrogen-bond donors (Lipinski definition) is 1. The van der Waals surface area contributed by atoms with Crippen LogP contribution in [0, 0.1) is 6.92 Å². The highest BCUT2D eigenvalue weighted by molar-refractivity contribution is 6.31. The van der Waals surface area contributed by atoms with Gasteiger partial charge in [-0.25, -0.2) is 4.79 Å². The van der Waals surface area contributed by atoms with Crippen molar-refractivity contribution < 1.29 is 14.6 Å². The van der Waals surface area contributed by atoms with Crippen LogP contribution in [0.15, 0.2) is 42.5 Å². The number of aliphatic carboxylic acids is 1. The monoisotopic (exact) mass is 437 g/mol. The number of pyridine rings is 1. The normalized spacial score (nSPS) is 16.1. The van der Waals surface area contributed by atoms with Crippen molar-refractivity contribution in [2.24, 2.45) is 0 Å². The minimum Gasteiger partial charge on any atom is -0.479 e. The number of benzene rings is 2. The number of halogens is 1. The predicted molar refractivity (Wildman–Crippen MR) is 125 cm³/mol. The highest BCUT2D eigenvalue weighted by Gasteiger charge is 2.42. The van der Waals surface area contributed by atoms with Crippen molar-refractivity contribution in [3.05, 3.63) is 64.3 Å². The Balaban J connectivity index is 1.98. The van der Waals surface area contributed by atoms with Crippen LogP contribution in [0.25, 0.3) is 22.0 Å². The van der Waals surface area contributed by atoms with Gasteiger partial charge in [0.15, 0.2) is 6.10 Å². The van der Waals surface area contributed by atoms with Crippen LogP contribution in [-0.2, 0) is 16.0 Å². The number of ether oxygens (including phenoxy) is 1. The van der Waals surface area contributed by atoms with E-state index in [9.17, 15) is 9.90 Å². The molecule has 1 unspecified atom stereocenters. The molecule has 0 aliphatic heterocycles. The molecule has 0 spiro atoms. The molecule has 31 heavy (non-hydrogen) atoms. The molecule has 1 saturated carbocycles. The molecule has 3 aromatic rings. The Hall–Kier alpha value is -2.43. The molecule has 1 aliphatic carbocycles. The van der Waals surface area contributed by atoms with E-state index >= 15 is 0 Å². The minimum absolute atomic E-state index is 0.373. The number of aryl methyl sites for hydroxylation is 2. The maximum absolute atomic E-state index is 12.5. The van der Waals surface area contributed by atoms with E-state index in [-0.39, 0.29) is 5.60 Å². The summed E-state index contributed by atoms with van der Waals surface area (Å²) >= 11 is 6.35. The Labute approximate surface area is 188 Å². The second kappa shape index (κ2) is 8.60. The fraction of sp³-hybridized carbons (Fsp3) is 0.385. The Kier molecular flexibility index (Phi) is 6.05. The first-order valence-corrected chi connectivity index (χ1v) is 11.3. The van der Waals surface area contributed by atoms with E-state index in [0.29, 0.717) is 16.3 Å². The molecule has 0 saturated heterocycles. The Morgan fingerprint density at radius 3 is 2.45 bits per heavy atom. The standard InChI is InChI=1S/C26H28ClNO3/c1-4-17-7-9-18(10-8-17)23-20-15-19(27)11-12-21(20)28-16(3)22(23)24(25(29)30)31-26(5-2)13-6-14-26/h7-12,15,24H,4-6,13-14H2,1-3H3,(H,29,30). The van der Waals surface area contributed by atoms with Crippen molar-refractivity contribution in [2.45, 2.75) is 64.6 Å². The first-order chi connectivity index (χ1) is 14.9. The average Bonchev–Trinajstić information content (AvgIpc) is 2.73. The van der Waals surface area contributed by atoms with E-state index in [0.717, 1.165) is 54.1 Å². The van der Waals surface area contributed by atoms with Gasteiger partial charge < -0.3 is 9.84 Å². The molecule has 162 valence electrons. The first-order valence-electron chi connectivity index (χ1n) is 11.0. The molecule has 1 aromatic heterocycles. The zero-order valence-corrected chi connectivity index (χ0v) is 19.0. The summed E-state index contributed by atoms with van der Waals surface area (Å²) in [7, 11) is 0. The van der Waals surface area contributed by atoms with Crippen LogP contribution in [0.2, 0.25) is 5.02 Å². The van der Waals surface area contributed by atoms with Gasteiger partial charge in [-0.1, -0.05) is 49.7 Å². The lowest BCUT2D eigenvalue weighted by molar-refractivity contribution is -0.179. The minimum atomic E-state index is -1.09. The summed E-state index contributed by atoms with van der Waals surface area (Å²) in [5.74, 6) is -0.988. The zero-order chi connectivity index (χ0) is 22.2. The number of fused-ring (bicyclic) bond motifs is 1. The van der Waals surface area contributed by atoms with Gasteiger partial charge in [-0.3, -0.25) is 4.98 Å². The van der Waals surface area contributed by atoms with Crippen LogP contribution in [0.4, 0.5) is 0 Å². The lowest BCUT2D eigenvalue weighted by atomic mass is 9.77. The Morgan fingerprint density at radius 1 is 1.19 bits per heavy atom. The third kappa shape index (κ3) is 4.07. The molecule has 4 nitrogen and oxygen atoms in total. The summed E-state index contributed by atoms with van der Waals surface area (Å²) in [6.45, 7) is 6.04. The molecule has 2 aromatic carbocycles. The van der Waals surface area contributed by atoms with Crippen molar-refractivity contribution in [2.75, 3.05) is 0 Å². The first kappa shape index (κ1) is 21.8. The molecule has 0 bridgehead atoms. The van der Waals surface area contributed by atoms with Crippen molar-refractivity contribution in [3.63, 3.8) is 0 Å². The van der Waals surface area contributed by atoms with Crippen molar-refractivity contribution >= 4 is 28.5 Å². The summed E-state index contributed by atoms with van der Waals surface area (Å²) < 4.78 is 6.37. The average molecular weight is 438 g/mol. The summed E-state index contributed by atoms with van der Waals surface area (Å²) in [5.41, 5.74) is 4.71. The van der Waals surface area contributed by atoms with Gasteiger partial charge in [-0.2, -0.15) is 0 Å². The second-order valence-corrected chi connectivity index (χ2v) is 8.86. The number of carboxylic acids is 1. The second-order valence-electron chi connectivity index (χ2n) is 8.42. The Bertz CT molecular complexity index is 1110. The van der Waals surface area contributed by atoms with E-state index in [1.54, 1.807) is 0 Å². The molecule has 1 fully saturated rings. The summed E-state index contributed by atoms with van der Waals surface area (Å²) in [6, 6.07) is 13.8. The van der Waals surface area contributed by atoms with Gasteiger partial charge in [0.25, 0.3) is 0 Å². The van der Waals surface area contributed by atoms with Gasteiger partial charge >= 0.3 is 5.97 Å². The van der Waals surface area contributed by atoms with Crippen LogP contribution in [0.5, 0.6) is 0 Å². The predicted octanol–water partition coefficient (Wildman–Crippen LogP) is 6.90. The lowest BCUT2D eigenvalue weighted by Crippen LogP contribution is -2.42. The molecular formula is C26H28ClNO3. The molecule has 1 N–H and O–H groups in total. The van der Waals surface area contributed by atoms with Crippen LogP contribution >= 0.6 is 11.6 Å². The third-order valence-corrected chi connectivity index (χ3v) is 6.82. The molecule has 1 aliphatic rings. The van der Waals surface area contributed by atoms with Gasteiger partial charge in [0, 0.05) is 21.7 Å². The van der Waals surface area contributed by atoms with E-state index in [2.05, 4.69) is 38.1 Å². The van der Waals surface area contributed by atoms with Crippen molar-refractivity contribution in [1.82, 2.24) is 4.98 Å². The number of hydrogen-bond acceptors (Lipinski definition) is 3. The van der Waals surface area contributed by atoms with E-state index in [1.807, 2.05) is 25.1 Å². The van der Waals surface area contributed by atoms with Gasteiger partial charge in [0.1, 0.15) is 0 Å². The maximum Gasteiger partial charge on any atom is 0.337 e. The topological polar surface area (TPSA) is 59.4 Å². The number of carbonyl (C=O) groups is 1. The smallest absolute Gasteiger partial charge is 0.337 e. The molecular weight excluding hydrogens is 410 g/mol. The van der Waals surface area contributed by atoms with E-state index in [4.69, 9.17) is 21.3 Å². The fourth-order valence-corrected chi connectivity index (χ4v) is 4.69. The SMILES string of the molecule is CCc1ccc(-c2c(C(OC3(CC)CCC3)C(=O)O)c(C)nc3ccc(Cl)cc23)cc1. The van der Waals surface area contributed by atoms with E-state index in [1.165, 1.54) is 5.56 Å². The quantitative estimate of drug-likeness (QED) is 0.436. The molecule has 1 atom stereocenters. The molecule has 5 heteroatoms. The van der Waals surface area contributed by atoms with Crippen LogP contribution in [0.1, 0.15) is 62.5 Å². The molecule has 4 rings (SSSR count). The maximum atomic E-state index is 12.5. The van der Waals surface area contributed by atoms with Crippen LogP contribution in [-0.4, -0.2) is 21.7 Å². The van der Waals surface area contributed by atoms with Crippen LogP contribution in [0.3, 0.4) is 0 Å². The largest absolute Gasteiger partial charge is 0.479 e. The third-order valence-electron chi connectivity index (χ3n) is 6.59. The van der Waals surface area contributed by atoms with Crippen molar-refractivity contribution in [3.8, 4) is 11.1 Å². The number of rotatable bonds is 7. The van der Waals surface area contributed by atoms with Gasteiger partial charge in [-0.15, -0.1) is 0 Å². The number of carboxylic acid groups (broad SMARTS) is 1.